The predicted molar refractivity (Wildman–Crippen MR) is 79.9 cm³/mol. The first kappa shape index (κ1) is 14.8. The van der Waals surface area contributed by atoms with Crippen molar-refractivity contribution in [2.24, 2.45) is 0 Å². The van der Waals surface area contributed by atoms with Crippen molar-refractivity contribution < 1.29 is 14.3 Å². The standard InChI is InChI=1S/C16H17FN2O2/c1-10-5-11(2)7-12(6-10)16(21)19-9-18-14-4-3-13(17)8-15(14)20/h3-8,18,20H,9H2,1-2H3,(H,19,21). The molecule has 0 unspecified atom stereocenters. The molecule has 0 radical (unpaired) electrons. The number of aryl methyl sites for hydroxylation is 2. The van der Waals surface area contributed by atoms with Gasteiger partial charge in [-0.2, -0.15) is 0 Å². The van der Waals surface area contributed by atoms with E-state index in [4.69, 9.17) is 0 Å². The second kappa shape index (κ2) is 6.26. The van der Waals surface area contributed by atoms with E-state index >= 15 is 0 Å². The van der Waals surface area contributed by atoms with Crippen LogP contribution in [0.25, 0.3) is 0 Å². The lowest BCUT2D eigenvalue weighted by Crippen LogP contribution is -2.29. The zero-order valence-corrected chi connectivity index (χ0v) is 11.9. The summed E-state index contributed by atoms with van der Waals surface area (Å²) < 4.78 is 12.8. The lowest BCUT2D eigenvalue weighted by molar-refractivity contribution is 0.0956. The van der Waals surface area contributed by atoms with Gasteiger partial charge in [-0.1, -0.05) is 17.2 Å². The van der Waals surface area contributed by atoms with Crippen LogP contribution in [0.5, 0.6) is 5.75 Å². The largest absolute Gasteiger partial charge is 0.506 e. The summed E-state index contributed by atoms with van der Waals surface area (Å²) in [5.74, 6) is -0.927. The van der Waals surface area contributed by atoms with Gasteiger partial charge in [-0.3, -0.25) is 4.79 Å². The Morgan fingerprint density at radius 1 is 1.14 bits per heavy atom. The summed E-state index contributed by atoms with van der Waals surface area (Å²) >= 11 is 0. The van der Waals surface area contributed by atoms with Crippen molar-refractivity contribution in [3.05, 3.63) is 58.9 Å². The van der Waals surface area contributed by atoms with Crippen molar-refractivity contribution in [1.29, 1.82) is 0 Å². The molecule has 21 heavy (non-hydrogen) atoms. The van der Waals surface area contributed by atoms with Crippen LogP contribution >= 0.6 is 0 Å². The fourth-order valence-corrected chi connectivity index (χ4v) is 2.08. The Morgan fingerprint density at radius 2 is 1.81 bits per heavy atom. The normalized spacial score (nSPS) is 10.2. The molecule has 2 rings (SSSR count). The third-order valence-electron chi connectivity index (χ3n) is 2.97. The lowest BCUT2D eigenvalue weighted by atomic mass is 10.1. The van der Waals surface area contributed by atoms with Crippen LogP contribution < -0.4 is 10.6 Å². The highest BCUT2D eigenvalue weighted by molar-refractivity contribution is 5.94. The fraction of sp³-hybridized carbons (Fsp3) is 0.188. The van der Waals surface area contributed by atoms with Crippen molar-refractivity contribution >= 4 is 11.6 Å². The Hall–Kier alpha value is -2.56. The highest BCUT2D eigenvalue weighted by atomic mass is 19.1. The zero-order chi connectivity index (χ0) is 15.4. The number of rotatable bonds is 4. The number of nitrogens with one attached hydrogen (secondary N) is 2. The van der Waals surface area contributed by atoms with Crippen LogP contribution in [0.2, 0.25) is 0 Å². The minimum atomic E-state index is -0.516. The van der Waals surface area contributed by atoms with Crippen molar-refractivity contribution in [1.82, 2.24) is 5.32 Å². The van der Waals surface area contributed by atoms with Gasteiger partial charge in [-0.15, -0.1) is 0 Å². The minimum Gasteiger partial charge on any atom is -0.506 e. The number of benzene rings is 2. The fourth-order valence-electron chi connectivity index (χ4n) is 2.08. The van der Waals surface area contributed by atoms with Gasteiger partial charge < -0.3 is 15.7 Å². The molecule has 0 aliphatic rings. The molecule has 0 aromatic heterocycles. The number of amides is 1. The van der Waals surface area contributed by atoms with Crippen LogP contribution in [0.3, 0.4) is 0 Å². The first-order valence-electron chi connectivity index (χ1n) is 6.54. The van der Waals surface area contributed by atoms with E-state index in [1.54, 1.807) is 12.1 Å². The first-order valence-corrected chi connectivity index (χ1v) is 6.54. The van der Waals surface area contributed by atoms with Crippen LogP contribution in [0.15, 0.2) is 36.4 Å². The number of hydrogen-bond acceptors (Lipinski definition) is 3. The summed E-state index contributed by atoms with van der Waals surface area (Å²) in [4.78, 5) is 12.0. The summed E-state index contributed by atoms with van der Waals surface area (Å²) in [5.41, 5.74) is 2.98. The number of hydrogen-bond donors (Lipinski definition) is 3. The van der Waals surface area contributed by atoms with E-state index in [1.807, 2.05) is 19.9 Å². The highest BCUT2D eigenvalue weighted by Gasteiger charge is 2.07. The predicted octanol–water partition coefficient (Wildman–Crippen LogP) is 2.95. The number of halogens is 1. The van der Waals surface area contributed by atoms with Gasteiger partial charge in [0.05, 0.1) is 12.4 Å². The molecule has 0 fully saturated rings. The Balaban J connectivity index is 1.95. The molecular weight excluding hydrogens is 271 g/mol. The number of phenols is 1. The molecule has 0 bridgehead atoms. The monoisotopic (exact) mass is 288 g/mol. The van der Waals surface area contributed by atoms with Gasteiger partial charge in [-0.05, 0) is 38.1 Å². The molecule has 0 saturated heterocycles. The van der Waals surface area contributed by atoms with Crippen LogP contribution in [0.4, 0.5) is 10.1 Å². The molecule has 0 atom stereocenters. The maximum atomic E-state index is 12.8. The maximum absolute atomic E-state index is 12.8. The smallest absolute Gasteiger partial charge is 0.252 e. The Bertz CT molecular complexity index is 651. The molecule has 4 nitrogen and oxygen atoms in total. The maximum Gasteiger partial charge on any atom is 0.252 e. The Labute approximate surface area is 122 Å². The molecule has 110 valence electrons. The van der Waals surface area contributed by atoms with Crippen molar-refractivity contribution in [3.63, 3.8) is 0 Å². The average molecular weight is 288 g/mol. The van der Waals surface area contributed by atoms with Gasteiger partial charge >= 0.3 is 0 Å². The summed E-state index contributed by atoms with van der Waals surface area (Å²) in [6, 6.07) is 9.25. The van der Waals surface area contributed by atoms with E-state index in [2.05, 4.69) is 10.6 Å². The van der Waals surface area contributed by atoms with Crippen molar-refractivity contribution in [2.75, 3.05) is 12.0 Å². The summed E-state index contributed by atoms with van der Waals surface area (Å²) in [5, 5.41) is 15.0. The molecule has 3 N–H and O–H groups in total. The molecule has 2 aromatic rings. The molecule has 0 saturated carbocycles. The van der Waals surface area contributed by atoms with Gasteiger partial charge in [0.2, 0.25) is 0 Å². The van der Waals surface area contributed by atoms with Gasteiger partial charge in [0.1, 0.15) is 11.6 Å². The Kier molecular flexibility index (Phi) is 4.42. The van der Waals surface area contributed by atoms with Gasteiger partial charge in [-0.25, -0.2) is 4.39 Å². The summed E-state index contributed by atoms with van der Waals surface area (Å²) in [6.45, 7) is 3.99. The number of carbonyl (C=O) groups excluding carboxylic acids is 1. The quantitative estimate of drug-likeness (QED) is 0.599. The van der Waals surface area contributed by atoms with E-state index in [1.165, 1.54) is 12.1 Å². The van der Waals surface area contributed by atoms with E-state index in [0.717, 1.165) is 17.2 Å². The van der Waals surface area contributed by atoms with E-state index < -0.39 is 5.82 Å². The second-order valence-electron chi connectivity index (χ2n) is 4.90. The van der Waals surface area contributed by atoms with Crippen LogP contribution in [0.1, 0.15) is 21.5 Å². The highest BCUT2D eigenvalue weighted by Crippen LogP contribution is 2.22. The lowest BCUT2D eigenvalue weighted by Gasteiger charge is -2.10. The zero-order valence-electron chi connectivity index (χ0n) is 11.9. The molecule has 2 aromatic carbocycles. The van der Waals surface area contributed by atoms with Crippen LogP contribution in [-0.4, -0.2) is 17.7 Å². The minimum absolute atomic E-state index is 0.130. The van der Waals surface area contributed by atoms with E-state index in [9.17, 15) is 14.3 Å². The van der Waals surface area contributed by atoms with Gasteiger partial charge in [0, 0.05) is 11.6 Å². The first-order chi connectivity index (χ1) is 9.95. The SMILES string of the molecule is Cc1cc(C)cc(C(=O)NCNc2ccc(F)cc2O)c1. The molecule has 0 spiro atoms. The molecule has 0 aliphatic heterocycles. The topological polar surface area (TPSA) is 61.4 Å². The third-order valence-corrected chi connectivity index (χ3v) is 2.97. The van der Waals surface area contributed by atoms with Crippen LogP contribution in [-0.2, 0) is 0 Å². The molecular formula is C16H17FN2O2. The number of phenolic OH excluding ortho intramolecular Hbond substituents is 1. The van der Waals surface area contributed by atoms with E-state index in [0.29, 0.717) is 11.3 Å². The van der Waals surface area contributed by atoms with Crippen molar-refractivity contribution in [3.8, 4) is 5.75 Å². The summed E-state index contributed by atoms with van der Waals surface area (Å²) in [7, 11) is 0. The molecule has 0 heterocycles. The molecule has 0 aliphatic carbocycles. The number of aromatic hydroxyl groups is 1. The second-order valence-corrected chi connectivity index (χ2v) is 4.90. The Morgan fingerprint density at radius 3 is 2.43 bits per heavy atom. The van der Waals surface area contributed by atoms with Crippen LogP contribution in [0, 0.1) is 19.7 Å². The molecule has 5 heteroatoms. The number of carbonyl (C=O) groups is 1. The number of anilines is 1. The van der Waals surface area contributed by atoms with Gasteiger partial charge in [0.15, 0.2) is 0 Å². The van der Waals surface area contributed by atoms with Crippen molar-refractivity contribution in [2.45, 2.75) is 13.8 Å². The summed E-state index contributed by atoms with van der Waals surface area (Å²) in [6.07, 6.45) is 0. The third kappa shape index (κ3) is 3.95. The van der Waals surface area contributed by atoms with Gasteiger partial charge in [0.25, 0.3) is 5.91 Å². The average Bonchev–Trinajstić information content (AvgIpc) is 2.40. The molecule has 1 amide bonds. The van der Waals surface area contributed by atoms with E-state index in [-0.39, 0.29) is 18.3 Å².